The normalized spacial score (nSPS) is 17.6. The summed E-state index contributed by atoms with van der Waals surface area (Å²) in [7, 11) is 0. The van der Waals surface area contributed by atoms with Gasteiger partial charge in [-0.3, -0.25) is 9.36 Å². The Balaban J connectivity index is 1.12. The van der Waals surface area contributed by atoms with E-state index in [2.05, 4.69) is 221 Å². The zero-order valence-electron chi connectivity index (χ0n) is 33.3. The van der Waals surface area contributed by atoms with E-state index in [1.165, 1.54) is 104 Å². The molecule has 13 rings (SSSR count). The van der Waals surface area contributed by atoms with Crippen LogP contribution in [0.3, 0.4) is 0 Å². The van der Waals surface area contributed by atoms with Crippen molar-refractivity contribution in [2.24, 2.45) is 5.92 Å². The molecule has 284 valence electrons. The highest BCUT2D eigenvalue weighted by atomic mass is 15.5. The van der Waals surface area contributed by atoms with Crippen LogP contribution in [0.1, 0.15) is 42.1 Å². The zero-order chi connectivity index (χ0) is 39.5. The third-order valence-corrected chi connectivity index (χ3v) is 13.7. The predicted octanol–water partition coefficient (Wildman–Crippen LogP) is 14.8. The Labute approximate surface area is 348 Å². The third-order valence-electron chi connectivity index (χ3n) is 13.7. The number of hydrogen-bond acceptors (Lipinski definition) is 0. The standard InChI is InChI=1S/C57H41N3/c1-36-17-8-9-22-39(36)40-25-14-28-46-43(40)33-34-52-54(46)55-45-24-11-10-23-42(45)48(37-18-4-2-5-19-37)35-53(55)58(52)49-32-16-26-41-44(49)27-15-29-47(41)57-56(38-20-6-3-7-21-38)59-50-30-12-13-31-51(50)60(57)59/h2-16,18-36,56-57H,17H2,1H3. The average Bonchev–Trinajstić information content (AvgIpc) is 3.64. The summed E-state index contributed by atoms with van der Waals surface area (Å²) in [5.41, 5.74) is 14.2. The summed E-state index contributed by atoms with van der Waals surface area (Å²) < 4.78 is 7.57. The van der Waals surface area contributed by atoms with Crippen molar-refractivity contribution in [2.45, 2.75) is 25.4 Å². The summed E-state index contributed by atoms with van der Waals surface area (Å²) in [6, 6.07) is 68.4. The third kappa shape index (κ3) is 4.60. The van der Waals surface area contributed by atoms with Crippen LogP contribution < -0.4 is 0 Å². The molecule has 2 aliphatic rings. The van der Waals surface area contributed by atoms with Crippen LogP contribution in [0.4, 0.5) is 0 Å². The number of rotatable bonds is 5. The van der Waals surface area contributed by atoms with Crippen molar-refractivity contribution in [3.63, 3.8) is 0 Å². The maximum Gasteiger partial charge on any atom is 0.103 e. The lowest BCUT2D eigenvalue weighted by Crippen LogP contribution is -2.46. The molecule has 0 fully saturated rings. The topological polar surface area (TPSA) is 14.8 Å². The van der Waals surface area contributed by atoms with E-state index in [-0.39, 0.29) is 12.1 Å². The fraction of sp³-hybridized carbons (Fsp3) is 0.0877. The SMILES string of the molecule is CC1CC=CC=C1c1cccc2c1ccc1c2c2c3ccccc3c(-c3ccccc3)cc2n1-c1cccc2c(C3C(c4ccccc4)n4c5ccccc5n43)cccc12. The molecule has 1 aliphatic heterocycles. The highest BCUT2D eigenvalue weighted by Crippen LogP contribution is 2.52. The first-order valence-electron chi connectivity index (χ1n) is 21.3. The second-order valence-corrected chi connectivity index (χ2v) is 16.8. The van der Waals surface area contributed by atoms with E-state index >= 15 is 0 Å². The number of hydrogen-bond donors (Lipinski definition) is 0. The van der Waals surface area contributed by atoms with Gasteiger partial charge in [-0.2, -0.15) is 0 Å². The minimum atomic E-state index is 0.168. The van der Waals surface area contributed by atoms with E-state index in [4.69, 9.17) is 0 Å². The van der Waals surface area contributed by atoms with Crippen LogP contribution in [0.25, 0.3) is 87.5 Å². The van der Waals surface area contributed by atoms with Gasteiger partial charge in [0.25, 0.3) is 0 Å². The van der Waals surface area contributed by atoms with Crippen molar-refractivity contribution >= 4 is 70.7 Å². The van der Waals surface area contributed by atoms with Crippen LogP contribution in [-0.2, 0) is 0 Å². The summed E-state index contributed by atoms with van der Waals surface area (Å²) >= 11 is 0. The van der Waals surface area contributed by atoms with Crippen LogP contribution >= 0.6 is 0 Å². The van der Waals surface area contributed by atoms with Gasteiger partial charge in [-0.1, -0.05) is 177 Å². The van der Waals surface area contributed by atoms with Gasteiger partial charge in [0.1, 0.15) is 12.1 Å². The highest BCUT2D eigenvalue weighted by Gasteiger charge is 2.44. The predicted molar refractivity (Wildman–Crippen MR) is 252 cm³/mol. The Morgan fingerprint density at radius 2 is 1.07 bits per heavy atom. The van der Waals surface area contributed by atoms with Crippen molar-refractivity contribution in [1.29, 1.82) is 0 Å². The Kier molecular flexibility index (Phi) is 7.18. The van der Waals surface area contributed by atoms with E-state index in [0.717, 1.165) is 6.42 Å². The maximum atomic E-state index is 2.58. The Morgan fingerprint density at radius 3 is 1.87 bits per heavy atom. The smallest absolute Gasteiger partial charge is 0.103 e. The van der Waals surface area contributed by atoms with Gasteiger partial charge in [-0.25, -0.2) is 0 Å². The van der Waals surface area contributed by atoms with Gasteiger partial charge in [0.15, 0.2) is 0 Å². The fourth-order valence-corrected chi connectivity index (χ4v) is 11.0. The Hall–Kier alpha value is -7.36. The van der Waals surface area contributed by atoms with Crippen LogP contribution in [0.2, 0.25) is 0 Å². The second-order valence-electron chi connectivity index (χ2n) is 16.8. The van der Waals surface area contributed by atoms with Gasteiger partial charge in [0.05, 0.1) is 27.8 Å². The molecule has 0 spiro atoms. The summed E-state index contributed by atoms with van der Waals surface area (Å²) in [4.78, 5) is 0. The van der Waals surface area contributed by atoms with Crippen molar-refractivity contribution in [3.8, 4) is 16.8 Å². The van der Waals surface area contributed by atoms with E-state index in [9.17, 15) is 0 Å². The minimum Gasteiger partial charge on any atom is -0.309 e. The molecule has 3 heterocycles. The van der Waals surface area contributed by atoms with Gasteiger partial charge in [-0.05, 0) is 103 Å². The first kappa shape index (κ1) is 33.6. The first-order valence-corrected chi connectivity index (χ1v) is 21.3. The number of nitrogens with zero attached hydrogens (tertiary/aromatic N) is 3. The van der Waals surface area contributed by atoms with Gasteiger partial charge < -0.3 is 4.57 Å². The van der Waals surface area contributed by atoms with E-state index in [1.807, 2.05) is 0 Å². The largest absolute Gasteiger partial charge is 0.309 e. The molecule has 3 heteroatoms. The molecule has 0 amide bonds. The average molecular weight is 768 g/mol. The monoisotopic (exact) mass is 767 g/mol. The number of para-hydroxylation sites is 2. The van der Waals surface area contributed by atoms with E-state index < -0.39 is 0 Å². The van der Waals surface area contributed by atoms with Gasteiger partial charge in [-0.15, -0.1) is 0 Å². The van der Waals surface area contributed by atoms with E-state index in [0.29, 0.717) is 5.92 Å². The van der Waals surface area contributed by atoms with Gasteiger partial charge in [0.2, 0.25) is 0 Å². The second kappa shape index (κ2) is 12.8. The van der Waals surface area contributed by atoms with Gasteiger partial charge in [0, 0.05) is 16.2 Å². The van der Waals surface area contributed by atoms with E-state index in [1.54, 1.807) is 0 Å². The number of benzene rings is 9. The van der Waals surface area contributed by atoms with Crippen molar-refractivity contribution in [3.05, 3.63) is 217 Å². The highest BCUT2D eigenvalue weighted by molar-refractivity contribution is 6.31. The molecule has 0 radical (unpaired) electrons. The summed E-state index contributed by atoms with van der Waals surface area (Å²) in [5, 5.41) is 10.3. The molecule has 60 heavy (non-hydrogen) atoms. The Morgan fingerprint density at radius 1 is 0.450 bits per heavy atom. The minimum absolute atomic E-state index is 0.168. The molecule has 3 nitrogen and oxygen atoms in total. The lowest BCUT2D eigenvalue weighted by molar-refractivity contribution is 0.203. The summed E-state index contributed by atoms with van der Waals surface area (Å²) in [6.07, 6.45) is 7.92. The molecular weight excluding hydrogens is 727 g/mol. The molecule has 0 saturated heterocycles. The van der Waals surface area contributed by atoms with Crippen molar-refractivity contribution in [2.75, 3.05) is 0 Å². The quantitative estimate of drug-likeness (QED) is 0.166. The maximum absolute atomic E-state index is 2.58. The summed E-state index contributed by atoms with van der Waals surface area (Å²) in [6.45, 7) is 2.36. The van der Waals surface area contributed by atoms with Crippen molar-refractivity contribution in [1.82, 2.24) is 13.9 Å². The van der Waals surface area contributed by atoms with Crippen LogP contribution in [0.5, 0.6) is 0 Å². The van der Waals surface area contributed by atoms with Crippen molar-refractivity contribution < 1.29 is 0 Å². The first-order chi connectivity index (χ1) is 29.7. The molecule has 0 bridgehead atoms. The van der Waals surface area contributed by atoms with Crippen LogP contribution in [0.15, 0.2) is 200 Å². The molecule has 1 aliphatic carbocycles. The number of fused-ring (bicyclic) bond motifs is 12. The molecule has 3 atom stereocenters. The fourth-order valence-electron chi connectivity index (χ4n) is 11.0. The lowest BCUT2D eigenvalue weighted by Gasteiger charge is -2.50. The number of aromatic nitrogens is 3. The summed E-state index contributed by atoms with van der Waals surface area (Å²) in [5.74, 6) is 0.464. The molecule has 0 N–H and O–H groups in total. The molecule has 3 unspecified atom stereocenters. The lowest BCUT2D eigenvalue weighted by atomic mass is 9.85. The molecule has 0 saturated carbocycles. The van der Waals surface area contributed by atoms with Crippen LogP contribution in [0, 0.1) is 5.92 Å². The molecule has 9 aromatic carbocycles. The molecular formula is C57H41N3. The Bertz CT molecular complexity index is 3590. The number of allylic oxidation sites excluding steroid dienone is 4. The van der Waals surface area contributed by atoms with Gasteiger partial charge >= 0.3 is 0 Å². The molecule has 11 aromatic rings. The molecule has 2 aromatic heterocycles. The van der Waals surface area contributed by atoms with Crippen LogP contribution in [-0.4, -0.2) is 13.9 Å². The zero-order valence-corrected chi connectivity index (χ0v) is 33.3.